The molecule has 0 fully saturated rings. The number of hydrogen-bond acceptors (Lipinski definition) is 2. The molecule has 0 aliphatic rings. The van der Waals surface area contributed by atoms with E-state index >= 15 is 0 Å². The lowest BCUT2D eigenvalue weighted by atomic mass is 9.99. The summed E-state index contributed by atoms with van der Waals surface area (Å²) in [7, 11) is 0. The minimum absolute atomic E-state index is 0.224. The average Bonchev–Trinajstić information content (AvgIpc) is 2.53. The second-order valence-electron chi connectivity index (χ2n) is 5.77. The second-order valence-corrected chi connectivity index (χ2v) is 5.77. The molecule has 116 valence electrons. The first kappa shape index (κ1) is 15.2. The second kappa shape index (κ2) is 6.17. The Hall–Kier alpha value is -2.74. The molecule has 3 aromatic rings. The number of hydrogen-bond donors (Lipinski definition) is 1. The van der Waals surface area contributed by atoms with E-state index in [1.807, 2.05) is 56.3 Å². The van der Waals surface area contributed by atoms with Crippen molar-refractivity contribution in [3.05, 3.63) is 77.4 Å². The van der Waals surface area contributed by atoms with E-state index in [0.29, 0.717) is 5.75 Å². The highest BCUT2D eigenvalue weighted by Gasteiger charge is 2.15. The number of phenols is 1. The summed E-state index contributed by atoms with van der Waals surface area (Å²) in [4.78, 5) is 0. The highest BCUT2D eigenvalue weighted by molar-refractivity contribution is 5.79. The zero-order valence-electron chi connectivity index (χ0n) is 13.6. The predicted octanol–water partition coefficient (Wildman–Crippen LogP) is 5.78. The van der Waals surface area contributed by atoms with Crippen molar-refractivity contribution in [3.63, 3.8) is 0 Å². The molecule has 0 bridgehead atoms. The number of phenolic OH excluding ortho intramolecular Hbond substituents is 1. The molecule has 3 rings (SSSR count). The molecule has 0 atom stereocenters. The minimum Gasteiger partial charge on any atom is -0.507 e. The summed E-state index contributed by atoms with van der Waals surface area (Å²) in [5.41, 5.74) is 5.09. The highest BCUT2D eigenvalue weighted by Crippen LogP contribution is 2.41. The van der Waals surface area contributed by atoms with Gasteiger partial charge in [-0.25, -0.2) is 0 Å². The van der Waals surface area contributed by atoms with Gasteiger partial charge in [0.05, 0.1) is 5.56 Å². The van der Waals surface area contributed by atoms with Crippen LogP contribution in [0.2, 0.25) is 0 Å². The van der Waals surface area contributed by atoms with Crippen LogP contribution in [-0.4, -0.2) is 5.11 Å². The van der Waals surface area contributed by atoms with Crippen molar-refractivity contribution >= 4 is 0 Å². The standard InChI is InChI=1S/C21H20O2/c1-14-9-6-12-19(16(14)3)23-20-13-7-11-18(22)21(20)17-10-5-4-8-15(17)2/h4-13,22H,1-3H3. The van der Waals surface area contributed by atoms with Crippen LogP contribution in [0.3, 0.4) is 0 Å². The first-order valence-electron chi connectivity index (χ1n) is 7.70. The summed E-state index contributed by atoms with van der Waals surface area (Å²) in [6, 6.07) is 19.4. The molecule has 0 saturated carbocycles. The molecular weight excluding hydrogens is 284 g/mol. The maximum atomic E-state index is 10.4. The summed E-state index contributed by atoms with van der Waals surface area (Å²) in [6.45, 7) is 6.14. The molecular formula is C21H20O2. The van der Waals surface area contributed by atoms with Crippen LogP contribution in [0, 0.1) is 20.8 Å². The van der Waals surface area contributed by atoms with E-state index in [4.69, 9.17) is 4.74 Å². The summed E-state index contributed by atoms with van der Waals surface area (Å²) >= 11 is 0. The molecule has 0 aliphatic heterocycles. The van der Waals surface area contributed by atoms with Gasteiger partial charge < -0.3 is 9.84 Å². The topological polar surface area (TPSA) is 29.5 Å². The van der Waals surface area contributed by atoms with Gasteiger partial charge in [-0.1, -0.05) is 42.5 Å². The zero-order valence-corrected chi connectivity index (χ0v) is 13.6. The van der Waals surface area contributed by atoms with Crippen LogP contribution >= 0.6 is 0 Å². The van der Waals surface area contributed by atoms with Crippen LogP contribution < -0.4 is 4.74 Å². The monoisotopic (exact) mass is 304 g/mol. The van der Waals surface area contributed by atoms with Crippen molar-refractivity contribution in [2.75, 3.05) is 0 Å². The first-order valence-corrected chi connectivity index (χ1v) is 7.70. The fraction of sp³-hybridized carbons (Fsp3) is 0.143. The van der Waals surface area contributed by atoms with Gasteiger partial charge in [-0.2, -0.15) is 0 Å². The third kappa shape index (κ3) is 2.93. The van der Waals surface area contributed by atoms with Crippen molar-refractivity contribution in [1.29, 1.82) is 0 Å². The minimum atomic E-state index is 0.224. The van der Waals surface area contributed by atoms with Crippen molar-refractivity contribution in [2.24, 2.45) is 0 Å². The summed E-state index contributed by atoms with van der Waals surface area (Å²) in [5.74, 6) is 1.69. The molecule has 23 heavy (non-hydrogen) atoms. The number of benzene rings is 3. The zero-order chi connectivity index (χ0) is 16.4. The Morgan fingerprint density at radius 3 is 2.13 bits per heavy atom. The molecule has 2 nitrogen and oxygen atoms in total. The van der Waals surface area contributed by atoms with Crippen LogP contribution in [0.5, 0.6) is 17.2 Å². The van der Waals surface area contributed by atoms with E-state index < -0.39 is 0 Å². The average molecular weight is 304 g/mol. The summed E-state index contributed by atoms with van der Waals surface area (Å²) in [6.07, 6.45) is 0. The molecule has 0 radical (unpaired) electrons. The van der Waals surface area contributed by atoms with Crippen molar-refractivity contribution in [1.82, 2.24) is 0 Å². The molecule has 0 aromatic heterocycles. The Morgan fingerprint density at radius 2 is 1.35 bits per heavy atom. The number of aromatic hydroxyl groups is 1. The van der Waals surface area contributed by atoms with Crippen LogP contribution in [0.1, 0.15) is 16.7 Å². The number of aryl methyl sites for hydroxylation is 2. The van der Waals surface area contributed by atoms with Crippen LogP contribution in [0.25, 0.3) is 11.1 Å². The van der Waals surface area contributed by atoms with E-state index in [2.05, 4.69) is 13.0 Å². The normalized spacial score (nSPS) is 10.6. The van der Waals surface area contributed by atoms with E-state index in [1.165, 1.54) is 5.56 Å². The fourth-order valence-corrected chi connectivity index (χ4v) is 2.68. The Kier molecular flexibility index (Phi) is 4.07. The first-order chi connectivity index (χ1) is 11.1. The maximum Gasteiger partial charge on any atom is 0.139 e. The third-order valence-corrected chi connectivity index (χ3v) is 4.19. The lowest BCUT2D eigenvalue weighted by Gasteiger charge is -2.16. The third-order valence-electron chi connectivity index (χ3n) is 4.19. The number of ether oxygens (including phenoxy) is 1. The Morgan fingerprint density at radius 1 is 0.696 bits per heavy atom. The Labute approximate surface area is 137 Å². The quantitative estimate of drug-likeness (QED) is 0.665. The van der Waals surface area contributed by atoms with Gasteiger partial charge in [0, 0.05) is 0 Å². The van der Waals surface area contributed by atoms with Gasteiger partial charge in [-0.15, -0.1) is 0 Å². The smallest absolute Gasteiger partial charge is 0.139 e. The maximum absolute atomic E-state index is 10.4. The summed E-state index contributed by atoms with van der Waals surface area (Å²) < 4.78 is 6.15. The fourth-order valence-electron chi connectivity index (χ4n) is 2.68. The van der Waals surface area contributed by atoms with E-state index in [-0.39, 0.29) is 5.75 Å². The van der Waals surface area contributed by atoms with Crippen LogP contribution in [0.4, 0.5) is 0 Å². The molecule has 0 unspecified atom stereocenters. The number of rotatable bonds is 3. The highest BCUT2D eigenvalue weighted by atomic mass is 16.5. The predicted molar refractivity (Wildman–Crippen MR) is 94.3 cm³/mol. The van der Waals surface area contributed by atoms with Gasteiger partial charge in [0.15, 0.2) is 0 Å². The van der Waals surface area contributed by atoms with Crippen molar-refractivity contribution in [2.45, 2.75) is 20.8 Å². The molecule has 0 amide bonds. The largest absolute Gasteiger partial charge is 0.507 e. The van der Waals surface area contributed by atoms with Gasteiger partial charge >= 0.3 is 0 Å². The molecule has 3 aromatic carbocycles. The molecule has 2 heteroatoms. The Bertz CT molecular complexity index is 850. The molecule has 0 aliphatic carbocycles. The van der Waals surface area contributed by atoms with Gasteiger partial charge in [-0.05, 0) is 61.2 Å². The molecule has 0 heterocycles. The van der Waals surface area contributed by atoms with Crippen molar-refractivity contribution in [3.8, 4) is 28.4 Å². The van der Waals surface area contributed by atoms with Gasteiger partial charge in [0.25, 0.3) is 0 Å². The van der Waals surface area contributed by atoms with E-state index in [0.717, 1.165) is 28.0 Å². The van der Waals surface area contributed by atoms with Crippen LogP contribution in [-0.2, 0) is 0 Å². The van der Waals surface area contributed by atoms with E-state index in [9.17, 15) is 5.11 Å². The lowest BCUT2D eigenvalue weighted by molar-refractivity contribution is 0.457. The van der Waals surface area contributed by atoms with Gasteiger partial charge in [-0.3, -0.25) is 0 Å². The van der Waals surface area contributed by atoms with Crippen LogP contribution in [0.15, 0.2) is 60.7 Å². The SMILES string of the molecule is Cc1ccccc1-c1c(O)cccc1Oc1cccc(C)c1C. The molecule has 1 N–H and O–H groups in total. The molecule has 0 saturated heterocycles. The summed E-state index contributed by atoms with van der Waals surface area (Å²) in [5, 5.41) is 10.4. The Balaban J connectivity index is 2.13. The van der Waals surface area contributed by atoms with Crippen molar-refractivity contribution < 1.29 is 9.84 Å². The van der Waals surface area contributed by atoms with Gasteiger partial charge in [0.2, 0.25) is 0 Å². The van der Waals surface area contributed by atoms with E-state index in [1.54, 1.807) is 12.1 Å². The molecule has 0 spiro atoms. The lowest BCUT2D eigenvalue weighted by Crippen LogP contribution is -1.93. The van der Waals surface area contributed by atoms with Gasteiger partial charge in [0.1, 0.15) is 17.2 Å².